The zero-order valence-electron chi connectivity index (χ0n) is 19.3. The van der Waals surface area contributed by atoms with Gasteiger partial charge in [0.25, 0.3) is 5.91 Å². The second-order valence-corrected chi connectivity index (χ2v) is 9.69. The Bertz CT molecular complexity index is 1180. The molecule has 1 saturated carbocycles. The van der Waals surface area contributed by atoms with Crippen LogP contribution in [0.1, 0.15) is 48.3 Å². The van der Waals surface area contributed by atoms with Crippen LogP contribution in [-0.4, -0.2) is 69.2 Å². The highest BCUT2D eigenvalue weighted by molar-refractivity contribution is 5.94. The minimum atomic E-state index is -0.902. The van der Waals surface area contributed by atoms with Crippen molar-refractivity contribution in [3.05, 3.63) is 60.3 Å². The topological polar surface area (TPSA) is 83.2 Å². The third-order valence-corrected chi connectivity index (χ3v) is 7.94. The highest BCUT2D eigenvalue weighted by Gasteiger charge is 2.50. The average molecular weight is 462 g/mol. The van der Waals surface area contributed by atoms with Crippen LogP contribution in [0.3, 0.4) is 0 Å². The maximum atomic E-state index is 14.0. The van der Waals surface area contributed by atoms with E-state index in [1.54, 1.807) is 12.4 Å². The zero-order chi connectivity index (χ0) is 23.1. The first-order valence-corrected chi connectivity index (χ1v) is 12.4. The summed E-state index contributed by atoms with van der Waals surface area (Å²) in [5, 5.41) is 11.9. The highest BCUT2D eigenvalue weighted by Crippen LogP contribution is 2.47. The minimum Gasteiger partial charge on any atom is -0.385 e. The van der Waals surface area contributed by atoms with E-state index < -0.39 is 5.60 Å². The van der Waals surface area contributed by atoms with E-state index in [1.165, 1.54) is 0 Å². The molecule has 178 valence electrons. The SMILES string of the molecule is O=C(c1nc(N2CCOCC2)c2cnccn12)N1CC[C@@](O)(c2ccccc2)[C@@H]2CCCCC21. The maximum absolute atomic E-state index is 14.0. The molecule has 2 saturated heterocycles. The van der Waals surface area contributed by atoms with Crippen LogP contribution in [0.25, 0.3) is 5.52 Å². The van der Waals surface area contributed by atoms with Crippen LogP contribution in [0.15, 0.2) is 48.9 Å². The molecule has 2 aliphatic heterocycles. The quantitative estimate of drug-likeness (QED) is 0.646. The number of hydrogen-bond donors (Lipinski definition) is 1. The van der Waals surface area contributed by atoms with Crippen LogP contribution in [0, 0.1) is 5.92 Å². The molecule has 1 aliphatic carbocycles. The van der Waals surface area contributed by atoms with E-state index in [2.05, 4.69) is 9.88 Å². The molecule has 1 unspecified atom stereocenters. The highest BCUT2D eigenvalue weighted by atomic mass is 16.5. The Kier molecular flexibility index (Phi) is 5.50. The molecular formula is C26H31N5O3. The number of carbonyl (C=O) groups excluding carboxylic acids is 1. The summed E-state index contributed by atoms with van der Waals surface area (Å²) in [5.41, 5.74) is 0.900. The van der Waals surface area contributed by atoms with Gasteiger partial charge in [-0.3, -0.25) is 14.2 Å². The van der Waals surface area contributed by atoms with Crippen molar-refractivity contribution in [1.82, 2.24) is 19.3 Å². The van der Waals surface area contributed by atoms with E-state index in [0.717, 1.165) is 55.7 Å². The summed E-state index contributed by atoms with van der Waals surface area (Å²) in [5.74, 6) is 1.17. The van der Waals surface area contributed by atoms with Crippen molar-refractivity contribution in [3.8, 4) is 0 Å². The Balaban J connectivity index is 1.35. The monoisotopic (exact) mass is 461 g/mol. The number of morpholine rings is 1. The number of ether oxygens (including phenoxy) is 1. The molecule has 3 aromatic rings. The van der Waals surface area contributed by atoms with Gasteiger partial charge in [0.05, 0.1) is 25.0 Å². The molecule has 3 fully saturated rings. The van der Waals surface area contributed by atoms with E-state index in [0.29, 0.717) is 32.0 Å². The molecule has 0 bridgehead atoms. The van der Waals surface area contributed by atoms with Crippen molar-refractivity contribution in [1.29, 1.82) is 0 Å². The van der Waals surface area contributed by atoms with Gasteiger partial charge in [-0.25, -0.2) is 4.98 Å². The van der Waals surface area contributed by atoms with Gasteiger partial charge in [0.2, 0.25) is 5.82 Å². The molecule has 3 aliphatic rings. The van der Waals surface area contributed by atoms with Gasteiger partial charge in [0.1, 0.15) is 5.52 Å². The van der Waals surface area contributed by atoms with E-state index >= 15 is 0 Å². The number of aromatic nitrogens is 3. The number of piperidine rings is 1. The van der Waals surface area contributed by atoms with Crippen molar-refractivity contribution in [2.24, 2.45) is 5.92 Å². The van der Waals surface area contributed by atoms with Gasteiger partial charge in [-0.1, -0.05) is 43.2 Å². The number of anilines is 1. The maximum Gasteiger partial charge on any atom is 0.290 e. The van der Waals surface area contributed by atoms with E-state index in [1.807, 2.05) is 45.8 Å². The fourth-order valence-electron chi connectivity index (χ4n) is 6.23. The number of rotatable bonds is 3. The first kappa shape index (κ1) is 21.6. The second kappa shape index (κ2) is 8.67. The van der Waals surface area contributed by atoms with Crippen LogP contribution in [0.4, 0.5) is 5.82 Å². The number of aliphatic hydroxyl groups is 1. The Morgan fingerprint density at radius 1 is 1.09 bits per heavy atom. The normalized spacial score (nSPS) is 27.6. The summed E-state index contributed by atoms with van der Waals surface area (Å²) in [6.07, 6.45) is 9.81. The van der Waals surface area contributed by atoms with E-state index in [-0.39, 0.29) is 17.9 Å². The molecule has 3 atom stereocenters. The van der Waals surface area contributed by atoms with Crippen molar-refractivity contribution >= 4 is 17.2 Å². The minimum absolute atomic E-state index is 0.00114. The van der Waals surface area contributed by atoms with Gasteiger partial charge >= 0.3 is 0 Å². The summed E-state index contributed by atoms with van der Waals surface area (Å²) in [6, 6.07) is 10.00. The number of imidazole rings is 1. The predicted octanol–water partition coefficient (Wildman–Crippen LogP) is 2.86. The molecule has 8 nitrogen and oxygen atoms in total. The molecule has 0 spiro atoms. The summed E-state index contributed by atoms with van der Waals surface area (Å²) < 4.78 is 7.38. The van der Waals surface area contributed by atoms with Crippen LogP contribution in [-0.2, 0) is 10.3 Å². The molecule has 6 rings (SSSR count). The Morgan fingerprint density at radius 3 is 2.71 bits per heavy atom. The molecule has 4 heterocycles. The first-order valence-electron chi connectivity index (χ1n) is 12.4. The van der Waals surface area contributed by atoms with Crippen LogP contribution < -0.4 is 4.90 Å². The van der Waals surface area contributed by atoms with Gasteiger partial charge < -0.3 is 19.6 Å². The van der Waals surface area contributed by atoms with Gasteiger partial charge in [0, 0.05) is 44.0 Å². The number of nitrogens with zero attached hydrogens (tertiary/aromatic N) is 5. The molecular weight excluding hydrogens is 430 g/mol. The third-order valence-electron chi connectivity index (χ3n) is 7.94. The summed E-state index contributed by atoms with van der Waals surface area (Å²) in [7, 11) is 0. The smallest absolute Gasteiger partial charge is 0.290 e. The lowest BCUT2D eigenvalue weighted by Gasteiger charge is -2.52. The summed E-state index contributed by atoms with van der Waals surface area (Å²) in [6.45, 7) is 3.30. The largest absolute Gasteiger partial charge is 0.385 e. The Morgan fingerprint density at radius 2 is 1.88 bits per heavy atom. The Labute approximate surface area is 199 Å². The van der Waals surface area contributed by atoms with Crippen LogP contribution in [0.5, 0.6) is 0 Å². The molecule has 1 amide bonds. The van der Waals surface area contributed by atoms with Crippen LogP contribution >= 0.6 is 0 Å². The lowest BCUT2D eigenvalue weighted by Crippen LogP contribution is -2.59. The molecule has 1 aromatic carbocycles. The first-order chi connectivity index (χ1) is 16.7. The summed E-state index contributed by atoms with van der Waals surface area (Å²) in [4.78, 5) is 27.3. The number of fused-ring (bicyclic) bond motifs is 2. The number of hydrogen-bond acceptors (Lipinski definition) is 6. The van der Waals surface area contributed by atoms with Gasteiger partial charge in [0.15, 0.2) is 5.82 Å². The van der Waals surface area contributed by atoms with Crippen molar-refractivity contribution in [2.75, 3.05) is 37.7 Å². The molecule has 1 N–H and O–H groups in total. The van der Waals surface area contributed by atoms with E-state index in [4.69, 9.17) is 9.72 Å². The van der Waals surface area contributed by atoms with Gasteiger partial charge in [-0.2, -0.15) is 0 Å². The van der Waals surface area contributed by atoms with Crippen molar-refractivity contribution in [3.63, 3.8) is 0 Å². The van der Waals surface area contributed by atoms with Crippen molar-refractivity contribution in [2.45, 2.75) is 43.7 Å². The van der Waals surface area contributed by atoms with Crippen molar-refractivity contribution < 1.29 is 14.6 Å². The fourth-order valence-corrected chi connectivity index (χ4v) is 6.23. The fraction of sp³-hybridized carbons (Fsp3) is 0.500. The van der Waals surface area contributed by atoms with Gasteiger partial charge in [-0.15, -0.1) is 0 Å². The standard InChI is InChI=1S/C26H31N5O3/c32-25(24-28-23(29-14-16-34-17-15-29)22-18-27-11-13-30(22)24)31-12-10-26(33,19-6-2-1-3-7-19)20-8-4-5-9-21(20)31/h1-3,6-7,11,13,18,20-21,33H,4-5,8-10,12,14-17H2/t20-,21?,26-/m1/s1. The molecule has 0 radical (unpaired) electrons. The lowest BCUT2D eigenvalue weighted by atomic mass is 9.66. The predicted molar refractivity (Wildman–Crippen MR) is 128 cm³/mol. The summed E-state index contributed by atoms with van der Waals surface area (Å²) >= 11 is 0. The lowest BCUT2D eigenvalue weighted by molar-refractivity contribution is -0.110. The third kappa shape index (κ3) is 3.47. The number of benzene rings is 1. The zero-order valence-corrected chi connectivity index (χ0v) is 19.3. The number of carbonyl (C=O) groups is 1. The average Bonchev–Trinajstić information content (AvgIpc) is 3.30. The second-order valence-electron chi connectivity index (χ2n) is 9.69. The number of amides is 1. The van der Waals surface area contributed by atoms with E-state index in [9.17, 15) is 9.90 Å². The molecule has 2 aromatic heterocycles. The molecule has 8 heteroatoms. The number of likely N-dealkylation sites (tertiary alicyclic amines) is 1. The van der Waals surface area contributed by atoms with Crippen LogP contribution in [0.2, 0.25) is 0 Å². The Hall–Kier alpha value is -2.97. The molecule has 34 heavy (non-hydrogen) atoms. The van der Waals surface area contributed by atoms with Gasteiger partial charge in [-0.05, 0) is 24.8 Å².